The van der Waals surface area contributed by atoms with Crippen LogP contribution in [0, 0.1) is 31.3 Å². The molecule has 0 saturated heterocycles. The van der Waals surface area contributed by atoms with Crippen LogP contribution in [-0.2, 0) is 26.5 Å². The minimum Gasteiger partial charge on any atom is -0.486 e. The average Bonchev–Trinajstić information content (AvgIpc) is 3.78. The van der Waals surface area contributed by atoms with Crippen molar-refractivity contribution in [2.75, 3.05) is 0 Å². The zero-order valence-corrected chi connectivity index (χ0v) is 36.0. The van der Waals surface area contributed by atoms with Crippen molar-refractivity contribution in [1.29, 1.82) is 0 Å². The number of pyridine rings is 2. The number of imidazole rings is 1. The molecule has 0 N–H and O–H groups in total. The molecule has 0 aliphatic heterocycles. The smallest absolute Gasteiger partial charge is 0.216 e. The maximum Gasteiger partial charge on any atom is 0.216 e. The molecule has 7 heteroatoms. The summed E-state index contributed by atoms with van der Waals surface area (Å²) >= 11 is 0. The summed E-state index contributed by atoms with van der Waals surface area (Å²) in [5, 5.41) is 5.37. The largest absolute Gasteiger partial charge is 0.486 e. The topological polar surface area (TPSA) is 56.7 Å². The Hall–Kier alpha value is -5.20. The van der Waals surface area contributed by atoms with Crippen molar-refractivity contribution in [2.45, 2.75) is 60.6 Å². The number of para-hydroxylation sites is 2. The van der Waals surface area contributed by atoms with Gasteiger partial charge in [0, 0.05) is 55.3 Å². The molecule has 0 spiro atoms. The van der Waals surface area contributed by atoms with Crippen LogP contribution in [0.3, 0.4) is 0 Å². The first kappa shape index (κ1) is 33.0. The van der Waals surface area contributed by atoms with Gasteiger partial charge >= 0.3 is 0 Å². The van der Waals surface area contributed by atoms with E-state index < -0.39 is 26.7 Å². The van der Waals surface area contributed by atoms with Crippen molar-refractivity contribution < 1.29 is 31.4 Å². The third-order valence-corrected chi connectivity index (χ3v) is 11.6. The zero-order valence-electron chi connectivity index (χ0n) is 37.6. The van der Waals surface area contributed by atoms with Gasteiger partial charge in [-0.05, 0) is 65.3 Å². The van der Waals surface area contributed by atoms with E-state index in [4.69, 9.17) is 16.3 Å². The van der Waals surface area contributed by atoms with E-state index in [1.807, 2.05) is 70.2 Å². The predicted molar refractivity (Wildman–Crippen MR) is 232 cm³/mol. The van der Waals surface area contributed by atoms with Gasteiger partial charge in [0.25, 0.3) is 0 Å². The van der Waals surface area contributed by atoms with Gasteiger partial charge in [0.05, 0.1) is 30.5 Å². The fourth-order valence-corrected chi connectivity index (χ4v) is 8.41. The molecular formula is C49H46IrN4OSi-2. The maximum atomic E-state index is 8.79. The SMILES string of the molecule is Cc1ccc2c(n1)oc1c(-c3nc4ccccc4n3-c3cccc4ccccc34)[c-]ccc12.[2H]C([2H])([2H])c1c[c-]c(-c2cc(C([2H])([2H])C(C)(C)C)c([Si](C)(C)C)cn2)cc1.[Ir]. The van der Waals surface area contributed by atoms with Crippen LogP contribution >= 0.6 is 0 Å². The van der Waals surface area contributed by atoms with Gasteiger partial charge in [-0.2, -0.15) is 0 Å². The van der Waals surface area contributed by atoms with E-state index in [1.54, 1.807) is 18.3 Å². The second kappa shape index (κ2) is 15.4. The van der Waals surface area contributed by atoms with Crippen LogP contribution in [0.1, 0.15) is 44.4 Å². The molecule has 5 nitrogen and oxygen atoms in total. The fraction of sp³-hybridized carbons (Fsp3) is 0.204. The third-order valence-electron chi connectivity index (χ3n) is 9.54. The zero-order chi connectivity index (χ0) is 42.8. The third kappa shape index (κ3) is 7.77. The Morgan fingerprint density at radius 2 is 1.62 bits per heavy atom. The van der Waals surface area contributed by atoms with Gasteiger partial charge in [0.1, 0.15) is 0 Å². The second-order valence-electron chi connectivity index (χ2n) is 16.0. The summed E-state index contributed by atoms with van der Waals surface area (Å²) in [6, 6.07) is 44.0. The van der Waals surface area contributed by atoms with Gasteiger partial charge in [-0.25, -0.2) is 4.98 Å². The van der Waals surface area contributed by atoms with Gasteiger partial charge in [0.15, 0.2) is 0 Å². The Labute approximate surface area is 351 Å². The summed E-state index contributed by atoms with van der Waals surface area (Å²) in [6.07, 6.45) is 0.269. The molecule has 0 saturated carbocycles. The van der Waals surface area contributed by atoms with E-state index in [-0.39, 0.29) is 25.7 Å². The molecule has 0 unspecified atom stereocenters. The number of aryl methyl sites for hydroxylation is 2. The first-order valence-corrected chi connectivity index (χ1v) is 22.0. The van der Waals surface area contributed by atoms with Crippen molar-refractivity contribution in [1.82, 2.24) is 19.5 Å². The number of hydrogen-bond donors (Lipinski definition) is 0. The monoisotopic (exact) mass is 932 g/mol. The molecule has 5 aromatic carbocycles. The second-order valence-corrected chi connectivity index (χ2v) is 21.0. The van der Waals surface area contributed by atoms with Gasteiger partial charge in [0.2, 0.25) is 5.71 Å². The van der Waals surface area contributed by atoms with Crippen molar-refractivity contribution in [2.24, 2.45) is 5.41 Å². The molecule has 9 rings (SSSR count). The molecule has 56 heavy (non-hydrogen) atoms. The van der Waals surface area contributed by atoms with E-state index >= 15 is 0 Å². The van der Waals surface area contributed by atoms with E-state index in [9.17, 15) is 0 Å². The van der Waals surface area contributed by atoms with Crippen LogP contribution in [0.2, 0.25) is 19.6 Å². The van der Waals surface area contributed by atoms with Crippen LogP contribution in [0.25, 0.3) is 72.2 Å². The standard InChI is InChI=1S/C29H18N3O.C20H28NSi.Ir/c1-18-16-17-22-21-11-7-12-23(27(21)33-29(22)30-18)28-31-24-13-4-5-14-26(24)32(28)25-15-6-9-19-8-2-3-10-20(19)25;1-15-8-10-16(11-9-15)18-12-17(13-20(2,3)4)19(14-21-18)22(5,6)7;/h2-11,13-17H,1H3;8-10,12,14H,13H2,1-7H3;/q2*-1;/i;1D3,13D2;. The van der Waals surface area contributed by atoms with E-state index in [1.165, 1.54) is 16.8 Å². The quantitative estimate of drug-likeness (QED) is 0.127. The molecule has 9 aromatic rings. The Balaban J connectivity index is 0.000000186. The molecule has 283 valence electrons. The first-order chi connectivity index (χ1) is 28.3. The molecule has 0 fully saturated rings. The number of fused-ring (bicyclic) bond motifs is 5. The molecule has 4 heterocycles. The summed E-state index contributed by atoms with van der Waals surface area (Å²) in [7, 11) is -1.81. The number of aromatic nitrogens is 4. The molecule has 0 aliphatic rings. The van der Waals surface area contributed by atoms with E-state index in [2.05, 4.69) is 101 Å². The summed E-state index contributed by atoms with van der Waals surface area (Å²) in [5.41, 5.74) is 7.79. The van der Waals surface area contributed by atoms with Crippen LogP contribution in [0.5, 0.6) is 0 Å². The van der Waals surface area contributed by atoms with Gasteiger partial charge < -0.3 is 14.0 Å². The predicted octanol–water partition coefficient (Wildman–Crippen LogP) is 12.2. The summed E-state index contributed by atoms with van der Waals surface area (Å²) in [6.45, 7) is 12.1. The molecule has 0 aliphatic carbocycles. The first-order valence-electron chi connectivity index (χ1n) is 21.0. The Morgan fingerprint density at radius 1 is 0.839 bits per heavy atom. The number of furan rings is 1. The normalized spacial score (nSPS) is 13.7. The number of hydrogen-bond acceptors (Lipinski definition) is 4. The average molecular weight is 932 g/mol. The number of benzene rings is 5. The molecular weight excluding hydrogens is 881 g/mol. The van der Waals surface area contributed by atoms with Crippen LogP contribution in [0.15, 0.2) is 126 Å². The molecule has 1 radical (unpaired) electrons. The molecule has 0 amide bonds. The number of nitrogens with zero attached hydrogens (tertiary/aromatic N) is 4. The Kier molecular flexibility index (Phi) is 9.06. The van der Waals surface area contributed by atoms with Crippen LogP contribution in [-0.4, -0.2) is 27.6 Å². The molecule has 0 bridgehead atoms. The summed E-state index contributed by atoms with van der Waals surface area (Å²) in [5.74, 6) is 0.800. The van der Waals surface area contributed by atoms with Crippen LogP contribution < -0.4 is 5.19 Å². The Bertz CT molecular complexity index is 3050. The van der Waals surface area contributed by atoms with Crippen molar-refractivity contribution >= 4 is 57.1 Å². The van der Waals surface area contributed by atoms with Crippen molar-refractivity contribution in [3.05, 3.63) is 150 Å². The minimum atomic E-state index is -2.17. The minimum absolute atomic E-state index is 0. The van der Waals surface area contributed by atoms with Crippen molar-refractivity contribution in [3.63, 3.8) is 0 Å². The van der Waals surface area contributed by atoms with E-state index in [0.29, 0.717) is 22.5 Å². The fourth-order valence-electron chi connectivity index (χ4n) is 7.01. The number of rotatable bonds is 5. The van der Waals surface area contributed by atoms with Gasteiger partial charge in [-0.1, -0.05) is 118 Å². The molecule has 4 aromatic heterocycles. The van der Waals surface area contributed by atoms with Gasteiger partial charge in [-0.3, -0.25) is 4.98 Å². The van der Waals surface area contributed by atoms with E-state index in [0.717, 1.165) is 55.3 Å². The summed E-state index contributed by atoms with van der Waals surface area (Å²) < 4.78 is 48.5. The van der Waals surface area contributed by atoms with Crippen LogP contribution in [0.4, 0.5) is 0 Å². The van der Waals surface area contributed by atoms with Crippen molar-refractivity contribution in [3.8, 4) is 28.3 Å². The Morgan fingerprint density at radius 3 is 2.39 bits per heavy atom. The molecule has 0 atom stereocenters. The maximum absolute atomic E-state index is 8.79. The summed E-state index contributed by atoms with van der Waals surface area (Å²) in [4.78, 5) is 14.2. The van der Waals surface area contributed by atoms with Gasteiger partial charge in [-0.15, -0.1) is 53.6 Å².